The van der Waals surface area contributed by atoms with Crippen molar-refractivity contribution in [3.63, 3.8) is 0 Å². The molecule has 1 heteroatoms. The van der Waals surface area contributed by atoms with Crippen LogP contribution in [0.25, 0.3) is 0 Å². The van der Waals surface area contributed by atoms with Crippen LogP contribution in [0.2, 0.25) is 0 Å². The molecule has 0 aliphatic heterocycles. The molecular formula is C21H23N. The molecule has 112 valence electrons. The highest BCUT2D eigenvalue weighted by Gasteiger charge is 2.48. The maximum absolute atomic E-state index is 8.13. The van der Waals surface area contributed by atoms with E-state index in [-0.39, 0.29) is 0 Å². The normalized spacial score (nSPS) is 23.6. The van der Waals surface area contributed by atoms with E-state index in [2.05, 4.69) is 44.2 Å². The number of benzene rings is 2. The second-order valence-corrected chi connectivity index (χ2v) is 6.57. The fourth-order valence-electron chi connectivity index (χ4n) is 3.23. The molecule has 2 atom stereocenters. The van der Waals surface area contributed by atoms with Crippen molar-refractivity contribution in [3.05, 3.63) is 83.4 Å². The van der Waals surface area contributed by atoms with Gasteiger partial charge in [-0.05, 0) is 46.9 Å². The van der Waals surface area contributed by atoms with Gasteiger partial charge in [-0.15, -0.1) is 0 Å². The van der Waals surface area contributed by atoms with Gasteiger partial charge < -0.3 is 5.41 Å². The predicted molar refractivity (Wildman–Crippen MR) is 93.7 cm³/mol. The minimum atomic E-state index is 0.359. The van der Waals surface area contributed by atoms with Crippen molar-refractivity contribution in [3.8, 4) is 0 Å². The molecule has 3 rings (SSSR count). The standard InChI is InChI=1S/C21H23N/c1-16-15-21(16,2)19-13-7-6-9-17(19)12-8-14-20(22)18-10-4-3-5-11-18/h3-11,13-14,16,22H,12,15H2,1-2H3/b14-8-,22-20?. The maximum atomic E-state index is 8.13. The Morgan fingerprint density at radius 1 is 1.14 bits per heavy atom. The molecule has 1 nitrogen and oxygen atoms in total. The first-order valence-electron chi connectivity index (χ1n) is 8.00. The van der Waals surface area contributed by atoms with Gasteiger partial charge in [-0.1, -0.05) is 74.5 Å². The number of allylic oxidation sites excluding steroid dienone is 2. The summed E-state index contributed by atoms with van der Waals surface area (Å²) in [7, 11) is 0. The second kappa shape index (κ2) is 5.92. The largest absolute Gasteiger partial charge is 0.300 e. The van der Waals surface area contributed by atoms with Crippen LogP contribution in [0.15, 0.2) is 66.7 Å². The van der Waals surface area contributed by atoms with Crippen molar-refractivity contribution in [2.24, 2.45) is 5.92 Å². The number of rotatable bonds is 5. The Morgan fingerprint density at radius 3 is 2.45 bits per heavy atom. The smallest absolute Gasteiger partial charge is 0.0609 e. The molecule has 0 saturated heterocycles. The van der Waals surface area contributed by atoms with Crippen LogP contribution in [0.5, 0.6) is 0 Å². The Hall–Kier alpha value is -2.15. The first kappa shape index (κ1) is 14.8. The maximum Gasteiger partial charge on any atom is 0.0609 e. The van der Waals surface area contributed by atoms with Gasteiger partial charge in [-0.3, -0.25) is 0 Å². The van der Waals surface area contributed by atoms with Crippen molar-refractivity contribution < 1.29 is 0 Å². The Kier molecular flexibility index (Phi) is 3.98. The van der Waals surface area contributed by atoms with Gasteiger partial charge in [0.1, 0.15) is 0 Å². The van der Waals surface area contributed by atoms with Gasteiger partial charge in [-0.2, -0.15) is 0 Å². The molecular weight excluding hydrogens is 266 g/mol. The average Bonchev–Trinajstić information content (AvgIpc) is 3.17. The highest BCUT2D eigenvalue weighted by atomic mass is 14.5. The van der Waals surface area contributed by atoms with Crippen molar-refractivity contribution in [1.29, 1.82) is 5.41 Å². The van der Waals surface area contributed by atoms with E-state index in [4.69, 9.17) is 5.41 Å². The molecule has 1 aliphatic carbocycles. The lowest BCUT2D eigenvalue weighted by molar-refractivity contribution is 0.694. The van der Waals surface area contributed by atoms with Crippen LogP contribution in [0.3, 0.4) is 0 Å². The van der Waals surface area contributed by atoms with E-state index in [0.29, 0.717) is 11.1 Å². The highest BCUT2D eigenvalue weighted by Crippen LogP contribution is 2.54. The second-order valence-electron chi connectivity index (χ2n) is 6.57. The first-order valence-corrected chi connectivity index (χ1v) is 8.00. The third-order valence-electron chi connectivity index (χ3n) is 5.00. The zero-order valence-electron chi connectivity index (χ0n) is 13.3. The van der Waals surface area contributed by atoms with Crippen LogP contribution >= 0.6 is 0 Å². The van der Waals surface area contributed by atoms with Gasteiger partial charge >= 0.3 is 0 Å². The Bertz CT molecular complexity index is 699. The molecule has 0 heterocycles. The van der Waals surface area contributed by atoms with Gasteiger partial charge in [-0.25, -0.2) is 0 Å². The summed E-state index contributed by atoms with van der Waals surface area (Å²) in [5.74, 6) is 0.778. The summed E-state index contributed by atoms with van der Waals surface area (Å²) in [6.07, 6.45) is 6.22. The van der Waals surface area contributed by atoms with Crippen LogP contribution in [-0.2, 0) is 11.8 Å². The van der Waals surface area contributed by atoms with Crippen LogP contribution in [0, 0.1) is 11.3 Å². The summed E-state index contributed by atoms with van der Waals surface area (Å²) < 4.78 is 0. The Morgan fingerprint density at radius 2 is 1.77 bits per heavy atom. The summed E-state index contributed by atoms with van der Waals surface area (Å²) in [6, 6.07) is 18.6. The minimum absolute atomic E-state index is 0.359. The van der Waals surface area contributed by atoms with Crippen LogP contribution in [0.1, 0.15) is 37.0 Å². The third kappa shape index (κ3) is 2.89. The molecule has 1 N–H and O–H groups in total. The van der Waals surface area contributed by atoms with Crippen molar-refractivity contribution in [1.82, 2.24) is 0 Å². The molecule has 0 amide bonds. The lowest BCUT2D eigenvalue weighted by atomic mass is 9.90. The minimum Gasteiger partial charge on any atom is -0.300 e. The van der Waals surface area contributed by atoms with Crippen LogP contribution in [0.4, 0.5) is 0 Å². The zero-order chi connectivity index (χ0) is 15.6. The third-order valence-corrected chi connectivity index (χ3v) is 5.00. The van der Waals surface area contributed by atoms with E-state index in [1.54, 1.807) is 0 Å². The summed E-state index contributed by atoms with van der Waals surface area (Å²) in [4.78, 5) is 0. The van der Waals surface area contributed by atoms with Gasteiger partial charge in [0, 0.05) is 0 Å². The molecule has 22 heavy (non-hydrogen) atoms. The van der Waals surface area contributed by atoms with Crippen LogP contribution < -0.4 is 0 Å². The fourth-order valence-corrected chi connectivity index (χ4v) is 3.23. The van der Waals surface area contributed by atoms with E-state index in [1.807, 2.05) is 36.4 Å². The summed E-state index contributed by atoms with van der Waals surface area (Å²) in [5.41, 5.74) is 4.78. The molecule has 2 aromatic rings. The molecule has 0 aromatic heterocycles. The monoisotopic (exact) mass is 289 g/mol. The Labute approximate surface area is 133 Å². The molecule has 1 aliphatic rings. The highest BCUT2D eigenvalue weighted by molar-refractivity contribution is 6.06. The molecule has 2 unspecified atom stereocenters. The first-order chi connectivity index (χ1) is 10.6. The Balaban J connectivity index is 1.72. The molecule has 1 saturated carbocycles. The summed E-state index contributed by atoms with van der Waals surface area (Å²) in [6.45, 7) is 4.70. The van der Waals surface area contributed by atoms with Crippen LogP contribution in [-0.4, -0.2) is 5.71 Å². The SMILES string of the molecule is CC1CC1(C)c1ccccc1C/C=C\C(=N)c1ccccc1. The lowest BCUT2D eigenvalue weighted by Gasteiger charge is -2.15. The van der Waals surface area contributed by atoms with E-state index < -0.39 is 0 Å². The predicted octanol–water partition coefficient (Wildman–Crippen LogP) is 5.15. The number of hydrogen-bond acceptors (Lipinski definition) is 1. The quantitative estimate of drug-likeness (QED) is 0.736. The molecule has 2 aromatic carbocycles. The zero-order valence-corrected chi connectivity index (χ0v) is 13.3. The van der Waals surface area contributed by atoms with Gasteiger partial charge in [0.05, 0.1) is 5.71 Å². The molecule has 0 radical (unpaired) electrons. The topological polar surface area (TPSA) is 23.9 Å². The molecule has 0 spiro atoms. The van der Waals surface area contributed by atoms with E-state index in [0.717, 1.165) is 17.9 Å². The van der Waals surface area contributed by atoms with Crippen molar-refractivity contribution in [2.75, 3.05) is 0 Å². The average molecular weight is 289 g/mol. The van der Waals surface area contributed by atoms with E-state index in [9.17, 15) is 0 Å². The van der Waals surface area contributed by atoms with E-state index >= 15 is 0 Å². The lowest BCUT2D eigenvalue weighted by Crippen LogP contribution is -2.07. The van der Waals surface area contributed by atoms with Gasteiger partial charge in [0.25, 0.3) is 0 Å². The molecule has 0 bridgehead atoms. The number of hydrogen-bond donors (Lipinski definition) is 1. The summed E-state index contributed by atoms with van der Waals surface area (Å²) in [5, 5.41) is 8.13. The van der Waals surface area contributed by atoms with Crippen molar-refractivity contribution >= 4 is 5.71 Å². The molecule has 1 fully saturated rings. The van der Waals surface area contributed by atoms with Crippen molar-refractivity contribution in [2.45, 2.75) is 32.1 Å². The fraction of sp³-hybridized carbons (Fsp3) is 0.286. The number of nitrogens with one attached hydrogen (secondary N) is 1. The summed E-state index contributed by atoms with van der Waals surface area (Å²) >= 11 is 0. The van der Waals surface area contributed by atoms with Gasteiger partial charge in [0.15, 0.2) is 0 Å². The van der Waals surface area contributed by atoms with E-state index in [1.165, 1.54) is 17.5 Å². The van der Waals surface area contributed by atoms with Gasteiger partial charge in [0.2, 0.25) is 0 Å².